The van der Waals surface area contributed by atoms with Crippen LogP contribution in [0, 0.1) is 17.1 Å². The molecule has 0 fully saturated rings. The standard InChI is InChI=1S/C16H11FN2/c17-14-6-7-16-15(8-14)13(9-18)11-19(16)10-12-4-2-1-3-5-12/h1-8,11H,10H2. The molecule has 2 nitrogen and oxygen atoms in total. The highest BCUT2D eigenvalue weighted by Gasteiger charge is 2.09. The molecule has 0 radical (unpaired) electrons. The third kappa shape index (κ3) is 2.09. The highest BCUT2D eigenvalue weighted by Crippen LogP contribution is 2.22. The van der Waals surface area contributed by atoms with Gasteiger partial charge in [0.05, 0.1) is 5.56 Å². The van der Waals surface area contributed by atoms with Crippen molar-refractivity contribution in [2.45, 2.75) is 6.54 Å². The topological polar surface area (TPSA) is 28.7 Å². The Morgan fingerprint density at radius 2 is 1.89 bits per heavy atom. The summed E-state index contributed by atoms with van der Waals surface area (Å²) in [7, 11) is 0. The average molecular weight is 250 g/mol. The fourth-order valence-corrected chi connectivity index (χ4v) is 2.27. The average Bonchev–Trinajstić information content (AvgIpc) is 2.77. The monoisotopic (exact) mass is 250 g/mol. The number of nitriles is 1. The fourth-order valence-electron chi connectivity index (χ4n) is 2.27. The lowest BCUT2D eigenvalue weighted by atomic mass is 10.2. The Hall–Kier alpha value is -2.60. The molecule has 3 rings (SSSR count). The molecule has 1 heterocycles. The molecule has 2 aromatic carbocycles. The van der Waals surface area contributed by atoms with E-state index in [0.29, 0.717) is 17.5 Å². The summed E-state index contributed by atoms with van der Waals surface area (Å²) in [5.74, 6) is -0.318. The quantitative estimate of drug-likeness (QED) is 0.681. The second kappa shape index (κ2) is 4.58. The molecule has 0 spiro atoms. The van der Waals surface area contributed by atoms with Gasteiger partial charge in [0, 0.05) is 23.6 Å². The first-order chi connectivity index (χ1) is 9.28. The van der Waals surface area contributed by atoms with Gasteiger partial charge in [0.25, 0.3) is 0 Å². The van der Waals surface area contributed by atoms with Gasteiger partial charge >= 0.3 is 0 Å². The van der Waals surface area contributed by atoms with Crippen molar-refractivity contribution in [1.29, 1.82) is 5.26 Å². The summed E-state index contributed by atoms with van der Waals surface area (Å²) < 4.78 is 15.2. The number of hydrogen-bond donors (Lipinski definition) is 0. The van der Waals surface area contributed by atoms with Gasteiger partial charge in [-0.3, -0.25) is 0 Å². The van der Waals surface area contributed by atoms with Crippen molar-refractivity contribution in [1.82, 2.24) is 4.57 Å². The zero-order chi connectivity index (χ0) is 13.2. The minimum absolute atomic E-state index is 0.318. The van der Waals surface area contributed by atoms with Crippen molar-refractivity contribution in [2.24, 2.45) is 0 Å². The van der Waals surface area contributed by atoms with E-state index in [9.17, 15) is 4.39 Å². The fraction of sp³-hybridized carbons (Fsp3) is 0.0625. The van der Waals surface area contributed by atoms with Gasteiger partial charge in [-0.15, -0.1) is 0 Å². The van der Waals surface area contributed by atoms with Crippen molar-refractivity contribution in [3.05, 3.63) is 71.7 Å². The third-order valence-corrected chi connectivity index (χ3v) is 3.16. The Kier molecular flexibility index (Phi) is 2.77. The van der Waals surface area contributed by atoms with Crippen molar-refractivity contribution in [3.63, 3.8) is 0 Å². The highest BCUT2D eigenvalue weighted by molar-refractivity contribution is 5.86. The Morgan fingerprint density at radius 3 is 2.63 bits per heavy atom. The molecule has 0 atom stereocenters. The van der Waals surface area contributed by atoms with Gasteiger partial charge in [0.1, 0.15) is 11.9 Å². The molecule has 0 saturated heterocycles. The first-order valence-electron chi connectivity index (χ1n) is 6.00. The second-order valence-electron chi connectivity index (χ2n) is 4.43. The van der Waals surface area contributed by atoms with Crippen LogP contribution in [0.3, 0.4) is 0 Å². The highest BCUT2D eigenvalue weighted by atomic mass is 19.1. The maximum absolute atomic E-state index is 13.3. The number of fused-ring (bicyclic) bond motifs is 1. The molecule has 3 heteroatoms. The normalized spacial score (nSPS) is 10.5. The summed E-state index contributed by atoms with van der Waals surface area (Å²) >= 11 is 0. The molecule has 3 aromatic rings. The Morgan fingerprint density at radius 1 is 1.11 bits per heavy atom. The SMILES string of the molecule is N#Cc1cn(Cc2ccccc2)c2ccc(F)cc12. The van der Waals surface area contributed by atoms with E-state index in [2.05, 4.69) is 6.07 Å². The van der Waals surface area contributed by atoms with Crippen LogP contribution in [0.4, 0.5) is 4.39 Å². The number of hydrogen-bond acceptors (Lipinski definition) is 1. The van der Waals surface area contributed by atoms with E-state index in [1.54, 1.807) is 12.3 Å². The van der Waals surface area contributed by atoms with E-state index < -0.39 is 0 Å². The summed E-state index contributed by atoms with van der Waals surface area (Å²) in [5.41, 5.74) is 2.53. The summed E-state index contributed by atoms with van der Waals surface area (Å²) in [6, 6.07) is 16.6. The van der Waals surface area contributed by atoms with Gasteiger partial charge in [-0.25, -0.2) is 4.39 Å². The number of aromatic nitrogens is 1. The zero-order valence-electron chi connectivity index (χ0n) is 10.2. The molecule has 1 aromatic heterocycles. The van der Waals surface area contributed by atoms with Gasteiger partial charge in [0.2, 0.25) is 0 Å². The van der Waals surface area contributed by atoms with Gasteiger partial charge in [-0.1, -0.05) is 30.3 Å². The Labute approximate surface area is 110 Å². The smallest absolute Gasteiger partial charge is 0.124 e. The maximum Gasteiger partial charge on any atom is 0.124 e. The van der Waals surface area contributed by atoms with E-state index in [0.717, 1.165) is 11.1 Å². The van der Waals surface area contributed by atoms with Crippen molar-refractivity contribution in [3.8, 4) is 6.07 Å². The first kappa shape index (κ1) is 11.5. The summed E-state index contributed by atoms with van der Waals surface area (Å²) in [6.45, 7) is 0.671. The minimum Gasteiger partial charge on any atom is -0.342 e. The lowest BCUT2D eigenvalue weighted by Crippen LogP contribution is -1.97. The van der Waals surface area contributed by atoms with Crippen molar-refractivity contribution >= 4 is 10.9 Å². The van der Waals surface area contributed by atoms with Crippen LogP contribution >= 0.6 is 0 Å². The Balaban J connectivity index is 2.12. The molecule has 0 unspecified atom stereocenters. The molecule has 0 saturated carbocycles. The number of benzene rings is 2. The van der Waals surface area contributed by atoms with Crippen molar-refractivity contribution < 1.29 is 4.39 Å². The molecule has 92 valence electrons. The lowest BCUT2D eigenvalue weighted by Gasteiger charge is -2.05. The van der Waals surface area contributed by atoms with Crippen LogP contribution in [0.25, 0.3) is 10.9 Å². The van der Waals surface area contributed by atoms with Crippen LogP contribution in [0.1, 0.15) is 11.1 Å². The van der Waals surface area contributed by atoms with Crippen LogP contribution < -0.4 is 0 Å². The van der Waals surface area contributed by atoms with E-state index in [1.165, 1.54) is 12.1 Å². The van der Waals surface area contributed by atoms with Gasteiger partial charge in [-0.2, -0.15) is 5.26 Å². The molecular weight excluding hydrogens is 239 g/mol. The van der Waals surface area contributed by atoms with Crippen LogP contribution in [-0.2, 0) is 6.54 Å². The molecule has 0 bridgehead atoms. The molecule has 19 heavy (non-hydrogen) atoms. The summed E-state index contributed by atoms with van der Waals surface area (Å²) in [5, 5.41) is 9.79. The van der Waals surface area contributed by atoms with Crippen molar-refractivity contribution in [2.75, 3.05) is 0 Å². The number of halogens is 1. The van der Waals surface area contributed by atoms with Gasteiger partial charge in [-0.05, 0) is 23.8 Å². The lowest BCUT2D eigenvalue weighted by molar-refractivity contribution is 0.629. The molecule has 0 amide bonds. The van der Waals surface area contributed by atoms with E-state index in [1.807, 2.05) is 34.9 Å². The molecule has 0 aliphatic heterocycles. The predicted molar refractivity (Wildman–Crippen MR) is 72.2 cm³/mol. The third-order valence-electron chi connectivity index (χ3n) is 3.16. The van der Waals surface area contributed by atoms with Crippen LogP contribution in [0.15, 0.2) is 54.7 Å². The van der Waals surface area contributed by atoms with E-state index in [-0.39, 0.29) is 5.82 Å². The number of rotatable bonds is 2. The van der Waals surface area contributed by atoms with Gasteiger partial charge in [0.15, 0.2) is 0 Å². The van der Waals surface area contributed by atoms with Crippen LogP contribution in [-0.4, -0.2) is 4.57 Å². The summed E-state index contributed by atoms with van der Waals surface area (Å²) in [4.78, 5) is 0. The molecule has 0 aliphatic carbocycles. The first-order valence-corrected chi connectivity index (χ1v) is 6.00. The largest absolute Gasteiger partial charge is 0.342 e. The molecular formula is C16H11FN2. The van der Waals surface area contributed by atoms with Crippen LogP contribution in [0.2, 0.25) is 0 Å². The Bertz CT molecular complexity index is 767. The molecule has 0 N–H and O–H groups in total. The minimum atomic E-state index is -0.318. The maximum atomic E-state index is 13.3. The van der Waals surface area contributed by atoms with Crippen LogP contribution in [0.5, 0.6) is 0 Å². The number of nitrogens with zero attached hydrogens (tertiary/aromatic N) is 2. The van der Waals surface area contributed by atoms with E-state index >= 15 is 0 Å². The van der Waals surface area contributed by atoms with Gasteiger partial charge < -0.3 is 4.57 Å². The second-order valence-corrected chi connectivity index (χ2v) is 4.43. The summed E-state index contributed by atoms with van der Waals surface area (Å²) in [6.07, 6.45) is 1.77. The zero-order valence-corrected chi connectivity index (χ0v) is 10.2. The predicted octanol–water partition coefficient (Wildman–Crippen LogP) is 3.70. The molecule has 0 aliphatic rings. The van der Waals surface area contributed by atoms with E-state index in [4.69, 9.17) is 5.26 Å².